The quantitative estimate of drug-likeness (QED) is 0.827. The number of nitrogens with two attached hydrogens (primary N) is 1. The van der Waals surface area contributed by atoms with Crippen LogP contribution in [-0.2, 0) is 4.74 Å². The number of ether oxygens (including phenoxy) is 1. The van der Waals surface area contributed by atoms with Gasteiger partial charge in [-0.3, -0.25) is 0 Å². The lowest BCUT2D eigenvalue weighted by Gasteiger charge is -2.37. The third kappa shape index (κ3) is 3.14. The molecule has 2 N–H and O–H groups in total. The molecule has 4 atom stereocenters. The van der Waals surface area contributed by atoms with Gasteiger partial charge < -0.3 is 10.5 Å². The summed E-state index contributed by atoms with van der Waals surface area (Å²) in [6, 6.07) is 0.280. The van der Waals surface area contributed by atoms with Gasteiger partial charge in [-0.05, 0) is 24.7 Å². The summed E-state index contributed by atoms with van der Waals surface area (Å²) in [6.45, 7) is 3.21. The Labute approximate surface area is 104 Å². The van der Waals surface area contributed by atoms with Gasteiger partial charge in [-0.2, -0.15) is 11.8 Å². The second-order valence-electron chi connectivity index (χ2n) is 5.26. The van der Waals surface area contributed by atoms with E-state index in [9.17, 15) is 0 Å². The molecule has 1 aliphatic heterocycles. The van der Waals surface area contributed by atoms with Crippen molar-refractivity contribution in [1.82, 2.24) is 0 Å². The summed E-state index contributed by atoms with van der Waals surface area (Å²) >= 11 is 2.00. The second kappa shape index (κ2) is 6.27. The Morgan fingerprint density at radius 2 is 2.31 bits per heavy atom. The summed E-state index contributed by atoms with van der Waals surface area (Å²) in [5.74, 6) is 3.88. The van der Waals surface area contributed by atoms with Gasteiger partial charge in [-0.25, -0.2) is 0 Å². The molecule has 1 aliphatic carbocycles. The molecule has 16 heavy (non-hydrogen) atoms. The highest BCUT2D eigenvalue weighted by atomic mass is 32.2. The van der Waals surface area contributed by atoms with Gasteiger partial charge in [-0.1, -0.05) is 26.2 Å². The first-order valence-corrected chi connectivity index (χ1v) is 7.91. The van der Waals surface area contributed by atoms with E-state index in [4.69, 9.17) is 10.5 Å². The second-order valence-corrected chi connectivity index (χ2v) is 6.41. The number of hydrogen-bond donors (Lipinski definition) is 1. The predicted molar refractivity (Wildman–Crippen MR) is 70.8 cm³/mol. The van der Waals surface area contributed by atoms with Crippen molar-refractivity contribution in [2.45, 2.75) is 51.2 Å². The minimum Gasteiger partial charge on any atom is -0.375 e. The fraction of sp³-hybridized carbons (Fsp3) is 1.00. The molecule has 0 aromatic carbocycles. The van der Waals surface area contributed by atoms with Crippen LogP contribution in [0.3, 0.4) is 0 Å². The maximum absolute atomic E-state index is 6.40. The summed E-state index contributed by atoms with van der Waals surface area (Å²) in [4.78, 5) is 0. The highest BCUT2D eigenvalue weighted by Gasteiger charge is 2.31. The molecule has 0 aromatic heterocycles. The first-order chi connectivity index (χ1) is 7.81. The van der Waals surface area contributed by atoms with Crippen LogP contribution in [0.1, 0.15) is 39.0 Å². The molecule has 2 rings (SSSR count). The van der Waals surface area contributed by atoms with Crippen LogP contribution in [0.15, 0.2) is 0 Å². The topological polar surface area (TPSA) is 35.2 Å². The van der Waals surface area contributed by atoms with Crippen LogP contribution in [0.25, 0.3) is 0 Å². The van der Waals surface area contributed by atoms with Gasteiger partial charge in [0.15, 0.2) is 0 Å². The molecule has 2 aliphatic rings. The Hall–Kier alpha value is 0.270. The van der Waals surface area contributed by atoms with E-state index in [1.54, 1.807) is 0 Å². The van der Waals surface area contributed by atoms with E-state index in [2.05, 4.69) is 6.92 Å². The Morgan fingerprint density at radius 1 is 1.44 bits per heavy atom. The third-order valence-corrected chi connectivity index (χ3v) is 5.24. The first kappa shape index (κ1) is 12.7. The smallest absolute Gasteiger partial charge is 0.0819 e. The highest BCUT2D eigenvalue weighted by Crippen LogP contribution is 2.34. The molecule has 0 radical (unpaired) electrons. The zero-order chi connectivity index (χ0) is 11.4. The largest absolute Gasteiger partial charge is 0.375 e. The molecule has 2 fully saturated rings. The van der Waals surface area contributed by atoms with E-state index < -0.39 is 0 Å². The van der Waals surface area contributed by atoms with Gasteiger partial charge in [0.1, 0.15) is 0 Å². The maximum Gasteiger partial charge on any atom is 0.0819 e. The number of hydrogen-bond acceptors (Lipinski definition) is 3. The molecule has 0 spiro atoms. The average molecular weight is 243 g/mol. The minimum atomic E-state index is 0.280. The molecular formula is C13H25NOS. The lowest BCUT2D eigenvalue weighted by molar-refractivity contribution is 0.0314. The fourth-order valence-electron chi connectivity index (χ4n) is 3.08. The van der Waals surface area contributed by atoms with Crippen molar-refractivity contribution < 1.29 is 4.74 Å². The van der Waals surface area contributed by atoms with E-state index in [0.29, 0.717) is 12.0 Å². The summed E-state index contributed by atoms with van der Waals surface area (Å²) in [6.07, 6.45) is 7.09. The number of rotatable bonds is 3. The first-order valence-electron chi connectivity index (χ1n) is 6.76. The normalized spacial score (nSPS) is 38.2. The third-order valence-electron chi connectivity index (χ3n) is 4.22. The van der Waals surface area contributed by atoms with Crippen LogP contribution >= 0.6 is 11.8 Å². The standard InChI is InChI=1S/C13H25NOS/c1-2-10-4-3-5-11(8-10)13(14)12-9-16-7-6-15-12/h10-13H,2-9,14H2,1H3. The molecule has 0 bridgehead atoms. The van der Waals surface area contributed by atoms with Gasteiger partial charge in [0.2, 0.25) is 0 Å². The lowest BCUT2D eigenvalue weighted by Crippen LogP contribution is -2.47. The Morgan fingerprint density at radius 3 is 3.00 bits per heavy atom. The maximum atomic E-state index is 6.40. The van der Waals surface area contributed by atoms with Crippen molar-refractivity contribution in [2.75, 3.05) is 18.1 Å². The van der Waals surface area contributed by atoms with Crippen molar-refractivity contribution in [3.63, 3.8) is 0 Å². The van der Waals surface area contributed by atoms with Gasteiger partial charge in [0, 0.05) is 17.5 Å². The van der Waals surface area contributed by atoms with E-state index in [-0.39, 0.29) is 6.04 Å². The molecule has 3 heteroatoms. The molecule has 0 aromatic rings. The Bertz CT molecular complexity index is 206. The van der Waals surface area contributed by atoms with E-state index in [0.717, 1.165) is 24.0 Å². The van der Waals surface area contributed by atoms with Crippen LogP contribution in [0.2, 0.25) is 0 Å². The van der Waals surface area contributed by atoms with Crippen molar-refractivity contribution >= 4 is 11.8 Å². The summed E-state index contributed by atoms with van der Waals surface area (Å²) in [5, 5.41) is 0. The molecule has 0 amide bonds. The monoisotopic (exact) mass is 243 g/mol. The zero-order valence-corrected chi connectivity index (χ0v) is 11.2. The van der Waals surface area contributed by atoms with E-state index in [1.807, 2.05) is 11.8 Å². The minimum absolute atomic E-state index is 0.280. The lowest BCUT2D eigenvalue weighted by atomic mass is 9.76. The molecule has 1 saturated carbocycles. The van der Waals surface area contributed by atoms with Crippen molar-refractivity contribution in [3.05, 3.63) is 0 Å². The van der Waals surface area contributed by atoms with Gasteiger partial charge in [0.05, 0.1) is 12.7 Å². The summed E-state index contributed by atoms with van der Waals surface area (Å²) in [5.41, 5.74) is 6.40. The van der Waals surface area contributed by atoms with Gasteiger partial charge in [-0.15, -0.1) is 0 Å². The molecule has 1 saturated heterocycles. The Balaban J connectivity index is 1.84. The van der Waals surface area contributed by atoms with E-state index in [1.165, 1.54) is 32.1 Å². The highest BCUT2D eigenvalue weighted by molar-refractivity contribution is 7.99. The summed E-state index contributed by atoms with van der Waals surface area (Å²) < 4.78 is 5.82. The molecular weight excluding hydrogens is 218 g/mol. The number of thioether (sulfide) groups is 1. The van der Waals surface area contributed by atoms with E-state index >= 15 is 0 Å². The fourth-order valence-corrected chi connectivity index (χ4v) is 4.02. The van der Waals surface area contributed by atoms with Crippen LogP contribution in [-0.4, -0.2) is 30.3 Å². The van der Waals surface area contributed by atoms with Crippen LogP contribution in [0.5, 0.6) is 0 Å². The van der Waals surface area contributed by atoms with Crippen molar-refractivity contribution in [2.24, 2.45) is 17.6 Å². The van der Waals surface area contributed by atoms with Crippen LogP contribution in [0.4, 0.5) is 0 Å². The average Bonchev–Trinajstić information content (AvgIpc) is 2.39. The predicted octanol–water partition coefficient (Wildman–Crippen LogP) is 2.66. The van der Waals surface area contributed by atoms with Crippen LogP contribution < -0.4 is 5.73 Å². The SMILES string of the molecule is CCC1CCCC(C(N)C2CSCCO2)C1. The summed E-state index contributed by atoms with van der Waals surface area (Å²) in [7, 11) is 0. The van der Waals surface area contributed by atoms with Crippen LogP contribution in [0, 0.1) is 11.8 Å². The van der Waals surface area contributed by atoms with Crippen molar-refractivity contribution in [1.29, 1.82) is 0 Å². The zero-order valence-electron chi connectivity index (χ0n) is 10.4. The molecule has 4 unspecified atom stereocenters. The van der Waals surface area contributed by atoms with Gasteiger partial charge in [0.25, 0.3) is 0 Å². The molecule has 94 valence electrons. The molecule has 2 nitrogen and oxygen atoms in total. The molecule has 1 heterocycles. The van der Waals surface area contributed by atoms with Crippen molar-refractivity contribution in [3.8, 4) is 0 Å². The van der Waals surface area contributed by atoms with Gasteiger partial charge >= 0.3 is 0 Å². The Kier molecular flexibility index (Phi) is 4.98.